The number of alkyl halides is 1. The molecule has 0 aliphatic rings. The van der Waals surface area contributed by atoms with Gasteiger partial charge in [0.1, 0.15) is 12.5 Å². The van der Waals surface area contributed by atoms with E-state index >= 15 is 0 Å². The van der Waals surface area contributed by atoms with E-state index < -0.39 is 12.5 Å². The molecule has 0 saturated carbocycles. The van der Waals surface area contributed by atoms with Crippen molar-refractivity contribution in [3.63, 3.8) is 0 Å². The first kappa shape index (κ1) is 11.4. The van der Waals surface area contributed by atoms with Gasteiger partial charge >= 0.3 is 0 Å². The van der Waals surface area contributed by atoms with Gasteiger partial charge in [-0.1, -0.05) is 0 Å². The molecule has 0 aliphatic heterocycles. The summed E-state index contributed by atoms with van der Waals surface area (Å²) in [5.41, 5.74) is 6.57. The summed E-state index contributed by atoms with van der Waals surface area (Å²) in [5.74, 6) is -0.315. The highest BCUT2D eigenvalue weighted by Gasteiger charge is 2.15. The second-order valence-corrected chi connectivity index (χ2v) is 3.50. The van der Waals surface area contributed by atoms with Crippen LogP contribution in [0.2, 0.25) is 0 Å². The van der Waals surface area contributed by atoms with E-state index in [4.69, 9.17) is 10.5 Å². The lowest BCUT2D eigenvalue weighted by Crippen LogP contribution is -1.95. The number of methoxy groups -OCH3 is 1. The predicted molar refractivity (Wildman–Crippen MR) is 59.8 cm³/mol. The molecule has 0 bridgehead atoms. The standard InChI is InChI=1S/C11H11F2N3O/c1-17-11-7(9-4-10(14)16-15-9)2-6(5-12)3-8(11)13/h2-4H,5H2,1H3,(H3,14,15,16). The Morgan fingerprint density at radius 3 is 2.71 bits per heavy atom. The normalized spacial score (nSPS) is 10.5. The molecule has 1 heterocycles. The molecule has 90 valence electrons. The van der Waals surface area contributed by atoms with Crippen molar-refractivity contribution in [1.82, 2.24) is 10.2 Å². The zero-order valence-corrected chi connectivity index (χ0v) is 9.13. The maximum Gasteiger partial charge on any atom is 0.166 e. The Morgan fingerprint density at radius 1 is 1.41 bits per heavy atom. The largest absolute Gasteiger partial charge is 0.493 e. The number of rotatable bonds is 3. The van der Waals surface area contributed by atoms with Crippen molar-refractivity contribution in [1.29, 1.82) is 0 Å². The summed E-state index contributed by atoms with van der Waals surface area (Å²) in [5, 5.41) is 6.37. The van der Waals surface area contributed by atoms with Gasteiger partial charge < -0.3 is 10.5 Å². The zero-order valence-electron chi connectivity index (χ0n) is 9.13. The molecule has 0 atom stereocenters. The van der Waals surface area contributed by atoms with Crippen LogP contribution in [0.3, 0.4) is 0 Å². The van der Waals surface area contributed by atoms with Crippen LogP contribution in [-0.2, 0) is 6.67 Å². The van der Waals surface area contributed by atoms with Crippen molar-refractivity contribution in [2.75, 3.05) is 12.8 Å². The third kappa shape index (κ3) is 2.06. The average molecular weight is 239 g/mol. The molecule has 17 heavy (non-hydrogen) atoms. The zero-order chi connectivity index (χ0) is 12.4. The molecule has 0 aliphatic carbocycles. The molecule has 1 aromatic heterocycles. The number of aromatic amines is 1. The minimum absolute atomic E-state index is 0.0332. The molecular formula is C11H11F2N3O. The SMILES string of the molecule is COc1c(F)cc(CF)cc1-c1cc(N)n[nH]1. The van der Waals surface area contributed by atoms with Crippen molar-refractivity contribution in [2.24, 2.45) is 0 Å². The number of nitrogen functional groups attached to an aromatic ring is 1. The second kappa shape index (κ2) is 4.40. The van der Waals surface area contributed by atoms with E-state index in [2.05, 4.69) is 10.2 Å². The van der Waals surface area contributed by atoms with Crippen LogP contribution in [-0.4, -0.2) is 17.3 Å². The minimum atomic E-state index is -0.752. The van der Waals surface area contributed by atoms with Crippen molar-refractivity contribution < 1.29 is 13.5 Å². The Morgan fingerprint density at radius 2 is 2.18 bits per heavy atom. The van der Waals surface area contributed by atoms with Gasteiger partial charge in [-0.3, -0.25) is 5.10 Å². The van der Waals surface area contributed by atoms with Gasteiger partial charge in [0.05, 0.1) is 12.8 Å². The quantitative estimate of drug-likeness (QED) is 0.863. The van der Waals surface area contributed by atoms with Gasteiger partial charge in [0.15, 0.2) is 11.6 Å². The summed E-state index contributed by atoms with van der Waals surface area (Å²) in [4.78, 5) is 0. The molecule has 0 unspecified atom stereocenters. The summed E-state index contributed by atoms with van der Waals surface area (Å²) in [6.07, 6.45) is 0. The van der Waals surface area contributed by atoms with Gasteiger partial charge in [-0.25, -0.2) is 8.78 Å². The van der Waals surface area contributed by atoms with Crippen molar-refractivity contribution in [2.45, 2.75) is 6.67 Å². The van der Waals surface area contributed by atoms with E-state index in [9.17, 15) is 8.78 Å². The number of nitrogens with zero attached hydrogens (tertiary/aromatic N) is 1. The first-order valence-corrected chi connectivity index (χ1v) is 4.89. The Hall–Kier alpha value is -2.11. The first-order valence-electron chi connectivity index (χ1n) is 4.89. The smallest absolute Gasteiger partial charge is 0.166 e. The molecule has 2 aromatic rings. The number of aromatic nitrogens is 2. The maximum absolute atomic E-state index is 13.6. The van der Waals surface area contributed by atoms with E-state index in [0.717, 1.165) is 6.07 Å². The summed E-state index contributed by atoms with van der Waals surface area (Å²) in [6, 6.07) is 4.12. The number of nitrogens with one attached hydrogen (secondary N) is 1. The number of halogens is 2. The third-order valence-electron chi connectivity index (χ3n) is 2.35. The van der Waals surface area contributed by atoms with Crippen LogP contribution in [0.1, 0.15) is 5.56 Å². The fraction of sp³-hybridized carbons (Fsp3) is 0.182. The molecule has 3 N–H and O–H groups in total. The maximum atomic E-state index is 13.6. The number of hydrogen-bond acceptors (Lipinski definition) is 3. The Kier molecular flexibility index (Phi) is 2.95. The highest BCUT2D eigenvalue weighted by molar-refractivity contribution is 5.70. The van der Waals surface area contributed by atoms with Gasteiger partial charge in [-0.15, -0.1) is 0 Å². The topological polar surface area (TPSA) is 63.9 Å². The average Bonchev–Trinajstić information content (AvgIpc) is 2.74. The van der Waals surface area contributed by atoms with Crippen molar-refractivity contribution >= 4 is 5.82 Å². The Labute approximate surface area is 96.4 Å². The fourth-order valence-electron chi connectivity index (χ4n) is 1.61. The summed E-state index contributed by atoms with van der Waals surface area (Å²) >= 11 is 0. The number of ether oxygens (including phenoxy) is 1. The van der Waals surface area contributed by atoms with Crippen LogP contribution < -0.4 is 10.5 Å². The first-order chi connectivity index (χ1) is 8.15. The number of nitrogens with two attached hydrogens (primary N) is 1. The lowest BCUT2D eigenvalue weighted by Gasteiger charge is -2.09. The van der Waals surface area contributed by atoms with Crippen molar-refractivity contribution in [3.05, 3.63) is 29.6 Å². The van der Waals surface area contributed by atoms with Crippen LogP contribution in [0.5, 0.6) is 5.75 Å². The van der Waals surface area contributed by atoms with Gasteiger partial charge in [-0.05, 0) is 17.7 Å². The summed E-state index contributed by atoms with van der Waals surface area (Å²) in [6.45, 7) is -0.752. The van der Waals surface area contributed by atoms with E-state index in [1.807, 2.05) is 0 Å². The van der Waals surface area contributed by atoms with E-state index in [1.54, 1.807) is 0 Å². The minimum Gasteiger partial charge on any atom is -0.493 e. The second-order valence-electron chi connectivity index (χ2n) is 3.50. The van der Waals surface area contributed by atoms with Crippen LogP contribution in [0.15, 0.2) is 18.2 Å². The molecule has 1 aromatic carbocycles. The van der Waals surface area contributed by atoms with Crippen LogP contribution >= 0.6 is 0 Å². The number of hydrogen-bond donors (Lipinski definition) is 2. The van der Waals surface area contributed by atoms with Gasteiger partial charge in [0.25, 0.3) is 0 Å². The summed E-state index contributed by atoms with van der Waals surface area (Å²) in [7, 11) is 1.34. The molecule has 6 heteroatoms. The molecule has 2 rings (SSSR count). The number of anilines is 1. The molecular weight excluding hydrogens is 228 g/mol. The van der Waals surface area contributed by atoms with E-state index in [0.29, 0.717) is 11.3 Å². The molecule has 4 nitrogen and oxygen atoms in total. The van der Waals surface area contributed by atoms with E-state index in [-0.39, 0.29) is 17.1 Å². The molecule has 0 spiro atoms. The van der Waals surface area contributed by atoms with Gasteiger partial charge in [-0.2, -0.15) is 5.10 Å². The number of benzene rings is 1. The van der Waals surface area contributed by atoms with E-state index in [1.165, 1.54) is 19.2 Å². The molecule has 0 saturated heterocycles. The van der Waals surface area contributed by atoms with Crippen LogP contribution in [0.4, 0.5) is 14.6 Å². The fourth-order valence-corrected chi connectivity index (χ4v) is 1.61. The Bertz CT molecular complexity index is 540. The highest BCUT2D eigenvalue weighted by Crippen LogP contribution is 2.33. The third-order valence-corrected chi connectivity index (χ3v) is 2.35. The monoisotopic (exact) mass is 239 g/mol. The van der Waals surface area contributed by atoms with Crippen LogP contribution in [0.25, 0.3) is 11.3 Å². The predicted octanol–water partition coefficient (Wildman–Crippen LogP) is 2.28. The van der Waals surface area contributed by atoms with Crippen LogP contribution in [0, 0.1) is 5.82 Å². The highest BCUT2D eigenvalue weighted by atomic mass is 19.1. The molecule has 0 radical (unpaired) electrons. The summed E-state index contributed by atoms with van der Waals surface area (Å²) < 4.78 is 31.2. The molecule has 0 fully saturated rings. The number of H-pyrrole nitrogens is 1. The lowest BCUT2D eigenvalue weighted by atomic mass is 10.1. The van der Waals surface area contributed by atoms with Crippen molar-refractivity contribution in [3.8, 4) is 17.0 Å². The molecule has 0 amide bonds. The van der Waals surface area contributed by atoms with Gasteiger partial charge in [0, 0.05) is 11.6 Å². The Balaban J connectivity index is 2.61. The lowest BCUT2D eigenvalue weighted by molar-refractivity contribution is 0.386. The van der Waals surface area contributed by atoms with Gasteiger partial charge in [0.2, 0.25) is 0 Å².